The van der Waals surface area contributed by atoms with Gasteiger partial charge in [0.05, 0.1) is 0 Å². The Kier molecular flexibility index (Phi) is 4.21. The van der Waals surface area contributed by atoms with Crippen molar-refractivity contribution in [2.75, 3.05) is 0 Å². The molecule has 0 radical (unpaired) electrons. The van der Waals surface area contributed by atoms with E-state index in [1.165, 1.54) is 0 Å². The summed E-state index contributed by atoms with van der Waals surface area (Å²) in [6.07, 6.45) is 0. The molecule has 2 aromatic carbocycles. The van der Waals surface area contributed by atoms with Gasteiger partial charge in [-0.3, -0.25) is 0 Å². The van der Waals surface area contributed by atoms with Crippen molar-refractivity contribution in [3.63, 3.8) is 0 Å². The quantitative estimate of drug-likeness (QED) is 0.361. The van der Waals surface area contributed by atoms with Crippen molar-refractivity contribution >= 4 is 5.78 Å². The largest absolute Gasteiger partial charge is 1.00 e. The first-order valence-electron chi connectivity index (χ1n) is 4.19. The minimum absolute atomic E-state index is 0. The molecule has 0 N–H and O–H groups in total. The fraction of sp³-hybridized carbons (Fsp3) is 0. The van der Waals surface area contributed by atoms with Crippen molar-refractivity contribution in [1.29, 1.82) is 0 Å². The topological polar surface area (TPSA) is 17.1 Å². The van der Waals surface area contributed by atoms with Crippen molar-refractivity contribution < 1.29 is 34.4 Å². The number of rotatable bonds is 2. The van der Waals surface area contributed by atoms with Crippen molar-refractivity contribution in [2.45, 2.75) is 0 Å². The zero-order chi connectivity index (χ0) is 9.10. The van der Waals surface area contributed by atoms with Crippen LogP contribution in [-0.2, 0) is 0 Å². The average molecular weight is 192 g/mol. The van der Waals surface area contributed by atoms with Gasteiger partial charge >= 0.3 is 29.6 Å². The van der Waals surface area contributed by atoms with E-state index in [9.17, 15) is 4.79 Å². The minimum Gasteiger partial charge on any atom is -0.311 e. The summed E-state index contributed by atoms with van der Waals surface area (Å²) in [5, 5.41) is 0. The Hall–Kier alpha value is -0.760. The van der Waals surface area contributed by atoms with Crippen molar-refractivity contribution in [3.05, 3.63) is 65.7 Å². The molecule has 0 aromatic heterocycles. The van der Waals surface area contributed by atoms with Crippen molar-refractivity contribution in [3.8, 4) is 0 Å². The molecule has 0 heterocycles. The van der Waals surface area contributed by atoms with E-state index in [-0.39, 0.29) is 35.3 Å². The first-order valence-corrected chi connectivity index (χ1v) is 4.19. The molecule has 0 aliphatic carbocycles. The van der Waals surface area contributed by atoms with E-state index in [1.54, 1.807) is 0 Å². The Labute approximate surface area is 105 Å². The first kappa shape index (κ1) is 11.3. The molecular formula is C12H9NaO. The molecule has 0 fully saturated rings. The molecule has 0 aliphatic heterocycles. The van der Waals surface area contributed by atoms with Crippen LogP contribution in [-0.4, -0.2) is 5.78 Å². The summed E-state index contributed by atoms with van der Waals surface area (Å²) >= 11 is 0. The molecule has 1 nitrogen and oxygen atoms in total. The van der Waals surface area contributed by atoms with Gasteiger partial charge in [-0.25, -0.2) is 0 Å². The molecule has 2 rings (SSSR count). The predicted molar refractivity (Wildman–Crippen MR) is 51.9 cm³/mol. The Morgan fingerprint density at radius 3 is 2.07 bits per heavy atom. The van der Waals surface area contributed by atoms with E-state index in [0.29, 0.717) is 0 Å². The molecule has 0 aliphatic rings. The Morgan fingerprint density at radius 1 is 0.929 bits per heavy atom. The average Bonchev–Trinajstić information content (AvgIpc) is 2.71. The number of hydrogen-bond donors (Lipinski definition) is 0. The zero-order valence-electron chi connectivity index (χ0n) is 8.10. The zero-order valence-corrected chi connectivity index (χ0v) is 10.1. The molecule has 14 heavy (non-hydrogen) atoms. The fourth-order valence-corrected chi connectivity index (χ4v) is 1.28. The fourth-order valence-electron chi connectivity index (χ4n) is 1.28. The van der Waals surface area contributed by atoms with Gasteiger partial charge in [-0.2, -0.15) is 12.1 Å². The van der Waals surface area contributed by atoms with Gasteiger partial charge in [0, 0.05) is 0 Å². The van der Waals surface area contributed by atoms with Crippen molar-refractivity contribution in [2.24, 2.45) is 0 Å². The number of ketones is 1. The first-order chi connectivity index (χ1) is 6.38. The predicted octanol–water partition coefficient (Wildman–Crippen LogP) is -0.360. The number of hydrogen-bond acceptors (Lipinski definition) is 1. The van der Waals surface area contributed by atoms with Gasteiger partial charge < -0.3 is 4.79 Å². The van der Waals surface area contributed by atoms with Crippen LogP contribution in [0.15, 0.2) is 54.6 Å². The van der Waals surface area contributed by atoms with E-state index in [1.807, 2.05) is 54.6 Å². The number of benzene rings is 1. The van der Waals surface area contributed by atoms with E-state index in [0.717, 1.165) is 11.1 Å². The van der Waals surface area contributed by atoms with Crippen LogP contribution < -0.4 is 29.6 Å². The van der Waals surface area contributed by atoms with Gasteiger partial charge in [-0.05, 0) is 0 Å². The summed E-state index contributed by atoms with van der Waals surface area (Å²) in [6, 6.07) is 16.7. The van der Waals surface area contributed by atoms with Crippen LogP contribution in [0.1, 0.15) is 15.9 Å². The third kappa shape index (κ3) is 2.38. The van der Waals surface area contributed by atoms with Crippen LogP contribution in [0.25, 0.3) is 0 Å². The molecule has 2 heteroatoms. The van der Waals surface area contributed by atoms with Crippen LogP contribution in [0, 0.1) is 0 Å². The molecule has 0 atom stereocenters. The Balaban J connectivity index is 0.000000980. The number of carbonyl (C=O) groups excluding carboxylic acids is 1. The molecule has 0 spiro atoms. The summed E-state index contributed by atoms with van der Waals surface area (Å²) in [4.78, 5) is 11.7. The Morgan fingerprint density at radius 2 is 1.50 bits per heavy atom. The van der Waals surface area contributed by atoms with Gasteiger partial charge in [-0.15, -0.1) is 12.1 Å². The van der Waals surface area contributed by atoms with Gasteiger partial charge in [0.25, 0.3) is 0 Å². The standard InChI is InChI=1S/C12H9O.Na/c13-12(11-8-4-5-9-11)10-6-2-1-3-7-10;/h1-9H;/q-1;+1. The van der Waals surface area contributed by atoms with Crippen LogP contribution in [0.5, 0.6) is 0 Å². The molecule has 0 saturated heterocycles. The number of carbonyl (C=O) groups is 1. The van der Waals surface area contributed by atoms with E-state index in [4.69, 9.17) is 0 Å². The van der Waals surface area contributed by atoms with Crippen LogP contribution in [0.2, 0.25) is 0 Å². The SMILES string of the molecule is O=C(c1ccccc1)[c-]1cccc1.[Na+]. The summed E-state index contributed by atoms with van der Waals surface area (Å²) in [6.45, 7) is 0. The van der Waals surface area contributed by atoms with Gasteiger partial charge in [0.2, 0.25) is 0 Å². The normalized spacial score (nSPS) is 9.14. The van der Waals surface area contributed by atoms with Crippen LogP contribution in [0.4, 0.5) is 0 Å². The summed E-state index contributed by atoms with van der Waals surface area (Å²) in [7, 11) is 0. The third-order valence-corrected chi connectivity index (χ3v) is 1.96. The molecule has 2 aromatic rings. The van der Waals surface area contributed by atoms with E-state index < -0.39 is 0 Å². The van der Waals surface area contributed by atoms with Gasteiger partial charge in [-0.1, -0.05) is 41.5 Å². The summed E-state index contributed by atoms with van der Waals surface area (Å²) < 4.78 is 0. The van der Waals surface area contributed by atoms with E-state index >= 15 is 0 Å². The van der Waals surface area contributed by atoms with Crippen molar-refractivity contribution in [1.82, 2.24) is 0 Å². The maximum absolute atomic E-state index is 11.7. The second-order valence-corrected chi connectivity index (χ2v) is 2.87. The minimum atomic E-state index is 0. The summed E-state index contributed by atoms with van der Waals surface area (Å²) in [5.41, 5.74) is 1.50. The smallest absolute Gasteiger partial charge is 0.311 e. The van der Waals surface area contributed by atoms with Gasteiger partial charge in [0.15, 0.2) is 0 Å². The molecule has 0 saturated carbocycles. The molecule has 0 unspecified atom stereocenters. The van der Waals surface area contributed by atoms with Crippen LogP contribution >= 0.6 is 0 Å². The maximum Gasteiger partial charge on any atom is 1.00 e. The molecule has 64 valence electrons. The van der Waals surface area contributed by atoms with Gasteiger partial charge in [0.1, 0.15) is 5.78 Å². The maximum atomic E-state index is 11.7. The monoisotopic (exact) mass is 192 g/mol. The van der Waals surface area contributed by atoms with Crippen LogP contribution in [0.3, 0.4) is 0 Å². The molecule has 0 bridgehead atoms. The molecular weight excluding hydrogens is 183 g/mol. The third-order valence-electron chi connectivity index (χ3n) is 1.96. The van der Waals surface area contributed by atoms with E-state index in [2.05, 4.69) is 0 Å². The molecule has 0 amide bonds. The summed E-state index contributed by atoms with van der Waals surface area (Å²) in [5.74, 6) is 0.0885. The second kappa shape index (κ2) is 5.20. The second-order valence-electron chi connectivity index (χ2n) is 2.87. The Bertz CT molecular complexity index is 390.